The predicted molar refractivity (Wildman–Crippen MR) is 109 cm³/mol. The summed E-state index contributed by atoms with van der Waals surface area (Å²) in [4.78, 5) is 20.2. The number of ether oxygens (including phenoxy) is 1. The van der Waals surface area contributed by atoms with Gasteiger partial charge in [0.2, 0.25) is 0 Å². The first-order chi connectivity index (χ1) is 13.2. The maximum atomic E-state index is 11.9. The van der Waals surface area contributed by atoms with Crippen molar-refractivity contribution in [3.63, 3.8) is 0 Å². The molecule has 0 aromatic heterocycles. The molecule has 7 heteroatoms. The highest BCUT2D eigenvalue weighted by molar-refractivity contribution is 6.02. The highest BCUT2D eigenvalue weighted by atomic mass is 16.9. The minimum atomic E-state index is -1.75. The van der Waals surface area contributed by atoms with E-state index in [9.17, 15) is 4.79 Å². The Labute approximate surface area is 163 Å². The van der Waals surface area contributed by atoms with E-state index in [1.165, 1.54) is 27.1 Å². The van der Waals surface area contributed by atoms with Crippen molar-refractivity contribution in [3.05, 3.63) is 75.5 Å². The number of carbonyl (C=O) groups excluding carboxylic acids is 1. The summed E-state index contributed by atoms with van der Waals surface area (Å²) in [5, 5.41) is 19.7. The molecule has 7 nitrogen and oxygen atoms in total. The van der Waals surface area contributed by atoms with Crippen LogP contribution in [0.4, 0.5) is 0 Å². The van der Waals surface area contributed by atoms with Gasteiger partial charge in [-0.05, 0) is 33.2 Å². The number of benzene rings is 3. The summed E-state index contributed by atoms with van der Waals surface area (Å²) in [5.74, 6) is -0.146. The standard InChI is InChI=1S/C21H24NO2.NO3/c1-22(2,3)15-21(23)24-13-12-20-18-10-6-4-8-16(18)14-17-9-5-7-11-19(17)20;2-1(3)4/h4-11,14H,12-13,15H2,1-3H3;/q+1;-1. The first-order valence-electron chi connectivity index (χ1n) is 8.84. The molecule has 0 aliphatic carbocycles. The van der Waals surface area contributed by atoms with E-state index in [1.54, 1.807) is 0 Å². The lowest BCUT2D eigenvalue weighted by Crippen LogP contribution is -2.40. The zero-order valence-corrected chi connectivity index (χ0v) is 16.3. The number of fused-ring (bicyclic) bond motifs is 2. The van der Waals surface area contributed by atoms with Crippen molar-refractivity contribution in [2.24, 2.45) is 0 Å². The maximum absolute atomic E-state index is 11.9. The zero-order chi connectivity index (χ0) is 20.7. The van der Waals surface area contributed by atoms with Crippen LogP contribution in [0.15, 0.2) is 54.6 Å². The fourth-order valence-electron chi connectivity index (χ4n) is 3.08. The molecule has 0 bridgehead atoms. The van der Waals surface area contributed by atoms with Crippen LogP contribution in [0.5, 0.6) is 0 Å². The maximum Gasteiger partial charge on any atom is 0.361 e. The zero-order valence-electron chi connectivity index (χ0n) is 16.3. The largest absolute Gasteiger partial charge is 0.461 e. The number of carbonyl (C=O) groups is 1. The lowest BCUT2D eigenvalue weighted by molar-refractivity contribution is -0.862. The summed E-state index contributed by atoms with van der Waals surface area (Å²) in [6, 6.07) is 19.0. The summed E-state index contributed by atoms with van der Waals surface area (Å²) in [5.41, 5.74) is 1.25. The van der Waals surface area contributed by atoms with Gasteiger partial charge in [0.15, 0.2) is 6.54 Å². The number of hydrogen-bond acceptors (Lipinski definition) is 5. The molecule has 148 valence electrons. The van der Waals surface area contributed by atoms with Gasteiger partial charge in [0.1, 0.15) is 0 Å². The molecular formula is C21H24N2O5. The van der Waals surface area contributed by atoms with E-state index in [4.69, 9.17) is 20.1 Å². The molecule has 0 aliphatic rings. The Morgan fingerprint density at radius 2 is 1.43 bits per heavy atom. The Hall–Kier alpha value is -3.19. The van der Waals surface area contributed by atoms with Crippen molar-refractivity contribution >= 4 is 27.5 Å². The minimum absolute atomic E-state index is 0.146. The van der Waals surface area contributed by atoms with Crippen LogP contribution in [0.3, 0.4) is 0 Å². The first-order valence-corrected chi connectivity index (χ1v) is 8.84. The molecule has 0 saturated heterocycles. The lowest BCUT2D eigenvalue weighted by atomic mass is 9.95. The van der Waals surface area contributed by atoms with Crippen LogP contribution in [0.2, 0.25) is 0 Å². The second-order valence-corrected chi connectivity index (χ2v) is 7.44. The van der Waals surface area contributed by atoms with Crippen LogP contribution in [0.25, 0.3) is 21.5 Å². The third-order valence-electron chi connectivity index (χ3n) is 4.10. The van der Waals surface area contributed by atoms with Crippen LogP contribution in [-0.4, -0.2) is 49.8 Å². The molecule has 3 aromatic carbocycles. The number of esters is 1. The Morgan fingerprint density at radius 1 is 0.964 bits per heavy atom. The average Bonchev–Trinajstić information content (AvgIpc) is 2.59. The summed E-state index contributed by atoms with van der Waals surface area (Å²) in [6.45, 7) is 0.799. The van der Waals surface area contributed by atoms with Gasteiger partial charge in [0.25, 0.3) is 0 Å². The first kappa shape index (κ1) is 21.1. The third-order valence-corrected chi connectivity index (χ3v) is 4.10. The molecule has 0 amide bonds. The molecule has 0 saturated carbocycles. The van der Waals surface area contributed by atoms with Crippen LogP contribution in [-0.2, 0) is 16.0 Å². The molecule has 28 heavy (non-hydrogen) atoms. The number of rotatable bonds is 5. The lowest BCUT2D eigenvalue weighted by Gasteiger charge is -2.22. The molecule has 0 fully saturated rings. The van der Waals surface area contributed by atoms with Crippen molar-refractivity contribution in [2.75, 3.05) is 34.3 Å². The fraction of sp³-hybridized carbons (Fsp3) is 0.286. The van der Waals surface area contributed by atoms with Gasteiger partial charge in [-0.25, -0.2) is 4.79 Å². The Morgan fingerprint density at radius 3 is 1.89 bits per heavy atom. The fourth-order valence-corrected chi connectivity index (χ4v) is 3.08. The van der Waals surface area contributed by atoms with Crippen molar-refractivity contribution < 1.29 is 19.1 Å². The number of likely N-dealkylation sites (N-methyl/N-ethyl adjacent to an activating group) is 1. The normalized spacial score (nSPS) is 11.0. The van der Waals surface area contributed by atoms with E-state index in [0.29, 0.717) is 17.6 Å². The van der Waals surface area contributed by atoms with Gasteiger partial charge in [-0.1, -0.05) is 48.5 Å². The van der Waals surface area contributed by atoms with Crippen LogP contribution >= 0.6 is 0 Å². The van der Waals surface area contributed by atoms with E-state index in [1.807, 2.05) is 21.1 Å². The third kappa shape index (κ3) is 6.21. The molecular weight excluding hydrogens is 360 g/mol. The van der Waals surface area contributed by atoms with Gasteiger partial charge in [-0.3, -0.25) is 0 Å². The van der Waals surface area contributed by atoms with Crippen molar-refractivity contribution in [3.8, 4) is 0 Å². The van der Waals surface area contributed by atoms with Gasteiger partial charge < -0.3 is 24.5 Å². The summed E-state index contributed by atoms with van der Waals surface area (Å²) in [7, 11) is 5.96. The van der Waals surface area contributed by atoms with Gasteiger partial charge >= 0.3 is 5.97 Å². The highest BCUT2D eigenvalue weighted by Gasteiger charge is 2.16. The van der Waals surface area contributed by atoms with Crippen LogP contribution < -0.4 is 0 Å². The number of nitrogens with zero attached hydrogens (tertiary/aromatic N) is 2. The Bertz CT molecular complexity index is 921. The highest BCUT2D eigenvalue weighted by Crippen LogP contribution is 2.28. The molecule has 0 unspecified atom stereocenters. The average molecular weight is 384 g/mol. The predicted octanol–water partition coefficient (Wildman–Crippen LogP) is 3.55. The van der Waals surface area contributed by atoms with Crippen molar-refractivity contribution in [1.29, 1.82) is 0 Å². The van der Waals surface area contributed by atoms with Gasteiger partial charge in [0.05, 0.1) is 32.8 Å². The molecule has 0 heterocycles. The van der Waals surface area contributed by atoms with Crippen LogP contribution in [0.1, 0.15) is 5.56 Å². The van der Waals surface area contributed by atoms with Crippen molar-refractivity contribution in [2.45, 2.75) is 6.42 Å². The van der Waals surface area contributed by atoms with E-state index < -0.39 is 5.09 Å². The van der Waals surface area contributed by atoms with E-state index in [0.717, 1.165) is 6.42 Å². The van der Waals surface area contributed by atoms with Gasteiger partial charge in [-0.2, -0.15) is 0 Å². The molecule has 0 N–H and O–H groups in total. The summed E-state index contributed by atoms with van der Waals surface area (Å²) >= 11 is 0. The van der Waals surface area contributed by atoms with Crippen LogP contribution in [0, 0.1) is 15.3 Å². The molecule has 0 radical (unpaired) electrons. The topological polar surface area (TPSA) is 92.5 Å². The molecule has 3 aromatic rings. The molecule has 0 spiro atoms. The van der Waals surface area contributed by atoms with Crippen molar-refractivity contribution in [1.82, 2.24) is 0 Å². The summed E-state index contributed by atoms with van der Waals surface area (Å²) in [6.07, 6.45) is 0.727. The smallest absolute Gasteiger partial charge is 0.361 e. The van der Waals surface area contributed by atoms with Gasteiger partial charge in [-0.15, -0.1) is 0 Å². The second-order valence-electron chi connectivity index (χ2n) is 7.44. The molecule has 3 rings (SSSR count). The van der Waals surface area contributed by atoms with E-state index in [-0.39, 0.29) is 5.97 Å². The number of quaternary nitrogens is 1. The van der Waals surface area contributed by atoms with Gasteiger partial charge in [0, 0.05) is 6.42 Å². The summed E-state index contributed by atoms with van der Waals surface area (Å²) < 4.78 is 6.04. The second kappa shape index (κ2) is 9.14. The molecule has 0 aliphatic heterocycles. The number of hydrogen-bond donors (Lipinski definition) is 0. The minimum Gasteiger partial charge on any atom is -0.461 e. The quantitative estimate of drug-likeness (QED) is 0.220. The molecule has 0 atom stereocenters. The Kier molecular flexibility index (Phi) is 6.89. The monoisotopic (exact) mass is 384 g/mol. The van der Waals surface area contributed by atoms with E-state index in [2.05, 4.69) is 54.6 Å². The Balaban J connectivity index is 0.000000640. The van der Waals surface area contributed by atoms with E-state index >= 15 is 0 Å². The SMILES string of the molecule is C[N+](C)(C)CC(=O)OCCc1c2ccccc2cc2ccccc12.O=[N+]([O-])[O-].